The molecule has 1 aromatic rings. The fraction of sp³-hybridized carbons (Fsp3) is 0.769. The van der Waals surface area contributed by atoms with Crippen LogP contribution in [0.25, 0.3) is 0 Å². The van der Waals surface area contributed by atoms with Gasteiger partial charge in [-0.3, -0.25) is 4.90 Å². The molecule has 1 aromatic heterocycles. The number of rotatable bonds is 5. The Labute approximate surface area is 113 Å². The number of nitrogens with zero attached hydrogens (tertiary/aromatic N) is 2. The van der Waals surface area contributed by atoms with Crippen LogP contribution >= 0.6 is 11.3 Å². The summed E-state index contributed by atoms with van der Waals surface area (Å²) in [6.45, 7) is 12.3. The number of ether oxygens (including phenoxy) is 1. The molecule has 1 atom stereocenters. The molecule has 102 valence electrons. The number of aromatic nitrogens is 1. The summed E-state index contributed by atoms with van der Waals surface area (Å²) in [6.07, 6.45) is 0. The van der Waals surface area contributed by atoms with E-state index in [1.54, 1.807) is 11.3 Å². The fourth-order valence-corrected chi connectivity index (χ4v) is 3.00. The maximum absolute atomic E-state index is 5.36. The molecule has 5 heteroatoms. The highest BCUT2D eigenvalue weighted by Gasteiger charge is 2.13. The van der Waals surface area contributed by atoms with E-state index in [-0.39, 0.29) is 0 Å². The van der Waals surface area contributed by atoms with Crippen molar-refractivity contribution in [1.29, 1.82) is 0 Å². The Morgan fingerprint density at radius 3 is 2.72 bits per heavy atom. The van der Waals surface area contributed by atoms with Crippen LogP contribution < -0.4 is 5.32 Å². The molecule has 0 amide bonds. The third-order valence-electron chi connectivity index (χ3n) is 3.31. The van der Waals surface area contributed by atoms with Crippen LogP contribution in [0.15, 0.2) is 0 Å². The molecule has 0 aromatic carbocycles. The standard InChI is InChI=1S/C13H23N3OS/c1-10(9-16-4-6-17-7-5-16)14-8-13-15-11(2)12(3)18-13/h10,14H,4-9H2,1-3H3. The van der Waals surface area contributed by atoms with E-state index in [1.807, 2.05) is 0 Å². The van der Waals surface area contributed by atoms with Crippen LogP contribution in [0.3, 0.4) is 0 Å². The molecule has 2 heterocycles. The van der Waals surface area contributed by atoms with Crippen LogP contribution in [-0.4, -0.2) is 48.8 Å². The predicted molar refractivity (Wildman–Crippen MR) is 75.1 cm³/mol. The van der Waals surface area contributed by atoms with Gasteiger partial charge in [-0.15, -0.1) is 11.3 Å². The van der Waals surface area contributed by atoms with Gasteiger partial charge < -0.3 is 10.1 Å². The number of hydrogen-bond donors (Lipinski definition) is 1. The van der Waals surface area contributed by atoms with E-state index in [0.29, 0.717) is 6.04 Å². The minimum Gasteiger partial charge on any atom is -0.379 e. The number of nitrogens with one attached hydrogen (secondary N) is 1. The molecule has 0 spiro atoms. The maximum Gasteiger partial charge on any atom is 0.107 e. The lowest BCUT2D eigenvalue weighted by Gasteiger charge is -2.29. The van der Waals surface area contributed by atoms with Crippen molar-refractivity contribution in [3.63, 3.8) is 0 Å². The van der Waals surface area contributed by atoms with E-state index in [1.165, 1.54) is 9.88 Å². The summed E-state index contributed by atoms with van der Waals surface area (Å²) in [5, 5.41) is 4.75. The molecule has 0 bridgehead atoms. The van der Waals surface area contributed by atoms with Crippen molar-refractivity contribution in [1.82, 2.24) is 15.2 Å². The zero-order valence-corrected chi connectivity index (χ0v) is 12.3. The van der Waals surface area contributed by atoms with Crippen LogP contribution in [0.5, 0.6) is 0 Å². The van der Waals surface area contributed by atoms with Crippen LogP contribution in [0.4, 0.5) is 0 Å². The molecule has 0 aliphatic carbocycles. The molecular weight excluding hydrogens is 246 g/mol. The second kappa shape index (κ2) is 6.61. The van der Waals surface area contributed by atoms with Gasteiger partial charge in [0.1, 0.15) is 5.01 Å². The molecule has 4 nitrogen and oxygen atoms in total. The second-order valence-electron chi connectivity index (χ2n) is 4.94. The van der Waals surface area contributed by atoms with Crippen molar-refractivity contribution in [2.45, 2.75) is 33.4 Å². The molecule has 18 heavy (non-hydrogen) atoms. The molecule has 1 aliphatic heterocycles. The average molecular weight is 269 g/mol. The number of hydrogen-bond acceptors (Lipinski definition) is 5. The van der Waals surface area contributed by atoms with Crippen molar-refractivity contribution in [3.05, 3.63) is 15.6 Å². The van der Waals surface area contributed by atoms with Gasteiger partial charge in [0, 0.05) is 37.1 Å². The van der Waals surface area contributed by atoms with Crippen LogP contribution in [0, 0.1) is 13.8 Å². The van der Waals surface area contributed by atoms with E-state index in [4.69, 9.17) is 4.74 Å². The Kier molecular flexibility index (Phi) is 5.12. The first-order chi connectivity index (χ1) is 8.65. The van der Waals surface area contributed by atoms with E-state index in [2.05, 4.69) is 36.0 Å². The lowest BCUT2D eigenvalue weighted by molar-refractivity contribution is 0.0343. The Balaban J connectivity index is 1.72. The summed E-state index contributed by atoms with van der Waals surface area (Å²) < 4.78 is 5.36. The Hall–Kier alpha value is -0.490. The van der Waals surface area contributed by atoms with E-state index in [0.717, 1.165) is 45.1 Å². The summed E-state index contributed by atoms with van der Waals surface area (Å²) in [6, 6.07) is 0.493. The predicted octanol–water partition coefficient (Wildman–Crippen LogP) is 1.57. The van der Waals surface area contributed by atoms with Crippen molar-refractivity contribution < 1.29 is 4.74 Å². The first-order valence-electron chi connectivity index (χ1n) is 6.61. The summed E-state index contributed by atoms with van der Waals surface area (Å²) in [4.78, 5) is 8.34. The first kappa shape index (κ1) is 13.9. The van der Waals surface area contributed by atoms with Crippen LogP contribution in [0.2, 0.25) is 0 Å². The third-order valence-corrected chi connectivity index (χ3v) is 4.38. The Morgan fingerprint density at radius 1 is 1.39 bits per heavy atom. The van der Waals surface area contributed by atoms with Gasteiger partial charge in [-0.25, -0.2) is 4.98 Å². The van der Waals surface area contributed by atoms with Crippen LogP contribution in [0.1, 0.15) is 22.5 Å². The topological polar surface area (TPSA) is 37.4 Å². The number of aryl methyl sites for hydroxylation is 2. The van der Waals surface area contributed by atoms with Gasteiger partial charge in [0.05, 0.1) is 18.9 Å². The van der Waals surface area contributed by atoms with Gasteiger partial charge in [-0.2, -0.15) is 0 Å². The zero-order chi connectivity index (χ0) is 13.0. The SMILES string of the molecule is Cc1nc(CNC(C)CN2CCOCC2)sc1C. The fourth-order valence-electron chi connectivity index (χ4n) is 2.11. The highest BCUT2D eigenvalue weighted by Crippen LogP contribution is 2.16. The Bertz CT molecular complexity index is 355. The van der Waals surface area contributed by atoms with Gasteiger partial charge >= 0.3 is 0 Å². The van der Waals surface area contributed by atoms with Crippen molar-refractivity contribution in [2.75, 3.05) is 32.8 Å². The van der Waals surface area contributed by atoms with Gasteiger partial charge in [-0.1, -0.05) is 0 Å². The smallest absolute Gasteiger partial charge is 0.107 e. The number of morpholine rings is 1. The molecule has 1 saturated heterocycles. The normalized spacial score (nSPS) is 19.1. The van der Waals surface area contributed by atoms with Gasteiger partial charge in [0.15, 0.2) is 0 Å². The van der Waals surface area contributed by atoms with Gasteiger partial charge in [0.2, 0.25) is 0 Å². The molecule has 0 saturated carbocycles. The summed E-state index contributed by atoms with van der Waals surface area (Å²) >= 11 is 1.80. The van der Waals surface area contributed by atoms with Crippen molar-refractivity contribution in [2.24, 2.45) is 0 Å². The highest BCUT2D eigenvalue weighted by molar-refractivity contribution is 7.11. The quantitative estimate of drug-likeness (QED) is 0.880. The molecule has 1 fully saturated rings. The van der Waals surface area contributed by atoms with Gasteiger partial charge in [-0.05, 0) is 20.8 Å². The number of thiazole rings is 1. The van der Waals surface area contributed by atoms with Crippen molar-refractivity contribution >= 4 is 11.3 Å². The Morgan fingerprint density at radius 2 is 2.11 bits per heavy atom. The van der Waals surface area contributed by atoms with E-state index < -0.39 is 0 Å². The van der Waals surface area contributed by atoms with Gasteiger partial charge in [0.25, 0.3) is 0 Å². The third kappa shape index (κ3) is 4.02. The lowest BCUT2D eigenvalue weighted by atomic mass is 10.3. The zero-order valence-electron chi connectivity index (χ0n) is 11.5. The van der Waals surface area contributed by atoms with Crippen LogP contribution in [-0.2, 0) is 11.3 Å². The monoisotopic (exact) mass is 269 g/mol. The first-order valence-corrected chi connectivity index (χ1v) is 7.43. The second-order valence-corrected chi connectivity index (χ2v) is 6.23. The molecule has 0 radical (unpaired) electrons. The van der Waals surface area contributed by atoms with Crippen molar-refractivity contribution in [3.8, 4) is 0 Å². The molecule has 1 unspecified atom stereocenters. The maximum atomic E-state index is 5.36. The largest absolute Gasteiger partial charge is 0.379 e. The minimum absolute atomic E-state index is 0.493. The minimum atomic E-state index is 0.493. The average Bonchev–Trinajstić information content (AvgIpc) is 2.68. The molecule has 1 N–H and O–H groups in total. The van der Waals surface area contributed by atoms with E-state index in [9.17, 15) is 0 Å². The molecule has 2 rings (SSSR count). The summed E-state index contributed by atoms with van der Waals surface area (Å²) in [5.41, 5.74) is 1.16. The molecular formula is C13H23N3OS. The summed E-state index contributed by atoms with van der Waals surface area (Å²) in [7, 11) is 0. The summed E-state index contributed by atoms with van der Waals surface area (Å²) in [5.74, 6) is 0. The molecule has 1 aliphatic rings. The highest BCUT2D eigenvalue weighted by atomic mass is 32.1. The lowest BCUT2D eigenvalue weighted by Crippen LogP contribution is -2.44. The van der Waals surface area contributed by atoms with E-state index >= 15 is 0 Å².